The number of aryl methyl sites for hydroxylation is 1. The van der Waals surface area contributed by atoms with E-state index in [1.807, 2.05) is 6.92 Å². The molecule has 0 spiro atoms. The molecule has 1 amide bonds. The summed E-state index contributed by atoms with van der Waals surface area (Å²) in [4.78, 5) is 17.2. The molecule has 1 aromatic heterocycles. The SMILES string of the molecule is Cc1ncc(CNC(=O)C2(C#N)CCCC2)s1. The number of thiazole rings is 1. The highest BCUT2D eigenvalue weighted by Gasteiger charge is 2.41. The molecule has 1 N–H and O–H groups in total. The van der Waals surface area contributed by atoms with Crippen LogP contribution < -0.4 is 5.32 Å². The van der Waals surface area contributed by atoms with Crippen molar-refractivity contribution in [2.24, 2.45) is 5.41 Å². The number of aromatic nitrogens is 1. The molecule has 90 valence electrons. The number of hydrogen-bond acceptors (Lipinski definition) is 4. The first-order chi connectivity index (χ1) is 8.16. The van der Waals surface area contributed by atoms with Gasteiger partial charge in [-0.3, -0.25) is 4.79 Å². The van der Waals surface area contributed by atoms with Gasteiger partial charge in [0.25, 0.3) is 0 Å². The highest BCUT2D eigenvalue weighted by molar-refractivity contribution is 7.11. The number of carbonyl (C=O) groups is 1. The normalized spacial score (nSPS) is 17.6. The van der Waals surface area contributed by atoms with E-state index in [-0.39, 0.29) is 5.91 Å². The molecule has 1 heterocycles. The highest BCUT2D eigenvalue weighted by atomic mass is 32.1. The van der Waals surface area contributed by atoms with E-state index in [4.69, 9.17) is 5.26 Å². The fourth-order valence-corrected chi connectivity index (χ4v) is 2.93. The minimum atomic E-state index is -0.778. The molecule has 5 heteroatoms. The van der Waals surface area contributed by atoms with Gasteiger partial charge >= 0.3 is 0 Å². The van der Waals surface area contributed by atoms with E-state index in [9.17, 15) is 4.79 Å². The maximum absolute atomic E-state index is 12.0. The molecular weight excluding hydrogens is 234 g/mol. The Kier molecular flexibility index (Phi) is 3.43. The summed E-state index contributed by atoms with van der Waals surface area (Å²) in [5.41, 5.74) is -0.778. The van der Waals surface area contributed by atoms with Crippen molar-refractivity contribution in [1.29, 1.82) is 5.26 Å². The second kappa shape index (κ2) is 4.84. The Bertz CT molecular complexity index is 455. The van der Waals surface area contributed by atoms with Crippen LogP contribution in [-0.2, 0) is 11.3 Å². The van der Waals surface area contributed by atoms with Crippen LogP contribution in [0.25, 0.3) is 0 Å². The smallest absolute Gasteiger partial charge is 0.240 e. The maximum Gasteiger partial charge on any atom is 0.240 e. The minimum absolute atomic E-state index is 0.122. The largest absolute Gasteiger partial charge is 0.350 e. The first-order valence-corrected chi connectivity index (χ1v) is 6.59. The van der Waals surface area contributed by atoms with E-state index in [0.29, 0.717) is 19.4 Å². The first-order valence-electron chi connectivity index (χ1n) is 5.77. The van der Waals surface area contributed by atoms with E-state index in [1.165, 1.54) is 0 Å². The molecule has 1 aliphatic rings. The molecule has 1 fully saturated rings. The predicted octanol–water partition coefficient (Wildman–Crippen LogP) is 2.15. The lowest BCUT2D eigenvalue weighted by Gasteiger charge is -2.18. The standard InChI is InChI=1S/C12H15N3OS/c1-9-14-6-10(17-9)7-15-11(16)12(8-13)4-2-3-5-12/h6H,2-5,7H2,1H3,(H,15,16). The summed E-state index contributed by atoms with van der Waals surface area (Å²) in [7, 11) is 0. The molecule has 0 atom stereocenters. The number of amides is 1. The van der Waals surface area contributed by atoms with Crippen LogP contribution in [0, 0.1) is 23.7 Å². The fraction of sp³-hybridized carbons (Fsp3) is 0.583. The lowest BCUT2D eigenvalue weighted by Crippen LogP contribution is -2.37. The molecule has 0 bridgehead atoms. The Morgan fingerprint density at radius 1 is 1.65 bits per heavy atom. The van der Waals surface area contributed by atoms with E-state index in [0.717, 1.165) is 22.7 Å². The topological polar surface area (TPSA) is 65.8 Å². The number of nitrogens with zero attached hydrogens (tertiary/aromatic N) is 2. The summed E-state index contributed by atoms with van der Waals surface area (Å²) < 4.78 is 0. The van der Waals surface area contributed by atoms with Crippen LogP contribution in [0.3, 0.4) is 0 Å². The first kappa shape index (κ1) is 12.1. The van der Waals surface area contributed by atoms with Crippen LogP contribution in [0.4, 0.5) is 0 Å². The van der Waals surface area contributed by atoms with Gasteiger partial charge in [0.15, 0.2) is 0 Å². The van der Waals surface area contributed by atoms with Crippen molar-refractivity contribution < 1.29 is 4.79 Å². The van der Waals surface area contributed by atoms with Gasteiger partial charge in [0.1, 0.15) is 5.41 Å². The molecule has 2 rings (SSSR count). The zero-order valence-corrected chi connectivity index (χ0v) is 10.6. The zero-order chi connectivity index (χ0) is 12.3. The van der Waals surface area contributed by atoms with Gasteiger partial charge in [-0.15, -0.1) is 11.3 Å². The third-order valence-corrected chi connectivity index (χ3v) is 4.11. The van der Waals surface area contributed by atoms with Crippen molar-refractivity contribution in [2.75, 3.05) is 0 Å². The third-order valence-electron chi connectivity index (χ3n) is 3.20. The fourth-order valence-electron chi connectivity index (χ4n) is 2.19. The minimum Gasteiger partial charge on any atom is -0.350 e. The predicted molar refractivity (Wildman–Crippen MR) is 65.2 cm³/mol. The molecule has 1 aliphatic carbocycles. The average Bonchev–Trinajstić information content (AvgIpc) is 2.95. The van der Waals surface area contributed by atoms with E-state index < -0.39 is 5.41 Å². The lowest BCUT2D eigenvalue weighted by atomic mass is 9.87. The molecule has 0 aliphatic heterocycles. The van der Waals surface area contributed by atoms with Gasteiger partial charge in [-0.1, -0.05) is 12.8 Å². The van der Waals surface area contributed by atoms with Crippen molar-refractivity contribution in [3.63, 3.8) is 0 Å². The van der Waals surface area contributed by atoms with Crippen molar-refractivity contribution in [3.8, 4) is 6.07 Å². The molecular formula is C12H15N3OS. The lowest BCUT2D eigenvalue weighted by molar-refractivity contribution is -0.128. The number of rotatable bonds is 3. The average molecular weight is 249 g/mol. The summed E-state index contributed by atoms with van der Waals surface area (Å²) in [6, 6.07) is 2.19. The molecule has 0 saturated heterocycles. The zero-order valence-electron chi connectivity index (χ0n) is 9.82. The van der Waals surface area contributed by atoms with Crippen LogP contribution in [0.2, 0.25) is 0 Å². The quantitative estimate of drug-likeness (QED) is 0.892. The second-order valence-electron chi connectivity index (χ2n) is 4.43. The van der Waals surface area contributed by atoms with E-state index in [1.54, 1.807) is 17.5 Å². The van der Waals surface area contributed by atoms with Gasteiger partial charge in [0.2, 0.25) is 5.91 Å². The molecule has 0 unspecified atom stereocenters. The summed E-state index contributed by atoms with van der Waals surface area (Å²) in [6.07, 6.45) is 5.10. The van der Waals surface area contributed by atoms with Crippen molar-refractivity contribution >= 4 is 17.2 Å². The Hall–Kier alpha value is -1.41. The molecule has 4 nitrogen and oxygen atoms in total. The Morgan fingerprint density at radius 3 is 2.88 bits per heavy atom. The van der Waals surface area contributed by atoms with Gasteiger partial charge in [-0.2, -0.15) is 5.26 Å². The molecule has 1 saturated carbocycles. The Labute approximate surface area is 105 Å². The van der Waals surface area contributed by atoms with Gasteiger partial charge in [-0.05, 0) is 19.8 Å². The highest BCUT2D eigenvalue weighted by Crippen LogP contribution is 2.37. The molecule has 1 aromatic rings. The second-order valence-corrected chi connectivity index (χ2v) is 5.75. The van der Waals surface area contributed by atoms with E-state index >= 15 is 0 Å². The number of nitriles is 1. The summed E-state index contributed by atoms with van der Waals surface area (Å²) in [5, 5.41) is 13.0. The number of nitrogens with one attached hydrogen (secondary N) is 1. The summed E-state index contributed by atoms with van der Waals surface area (Å²) in [5.74, 6) is -0.122. The summed E-state index contributed by atoms with van der Waals surface area (Å²) >= 11 is 1.57. The van der Waals surface area contributed by atoms with Gasteiger partial charge in [-0.25, -0.2) is 4.98 Å². The Morgan fingerprint density at radius 2 is 2.35 bits per heavy atom. The van der Waals surface area contributed by atoms with Crippen LogP contribution in [-0.4, -0.2) is 10.9 Å². The number of carbonyl (C=O) groups excluding carboxylic acids is 1. The van der Waals surface area contributed by atoms with Gasteiger partial charge < -0.3 is 5.32 Å². The van der Waals surface area contributed by atoms with Crippen molar-refractivity contribution in [2.45, 2.75) is 39.2 Å². The van der Waals surface area contributed by atoms with Crippen LogP contribution in [0.1, 0.15) is 35.6 Å². The van der Waals surface area contributed by atoms with Crippen LogP contribution in [0.15, 0.2) is 6.20 Å². The van der Waals surface area contributed by atoms with E-state index in [2.05, 4.69) is 16.4 Å². The van der Waals surface area contributed by atoms with Crippen LogP contribution >= 0.6 is 11.3 Å². The van der Waals surface area contributed by atoms with Gasteiger partial charge in [0, 0.05) is 11.1 Å². The van der Waals surface area contributed by atoms with Crippen molar-refractivity contribution in [1.82, 2.24) is 10.3 Å². The maximum atomic E-state index is 12.0. The molecule has 0 aromatic carbocycles. The van der Waals surface area contributed by atoms with Crippen molar-refractivity contribution in [3.05, 3.63) is 16.1 Å². The molecule has 0 radical (unpaired) electrons. The molecule has 17 heavy (non-hydrogen) atoms. The third kappa shape index (κ3) is 2.47. The van der Waals surface area contributed by atoms with Gasteiger partial charge in [0.05, 0.1) is 17.6 Å². The summed E-state index contributed by atoms with van der Waals surface area (Å²) in [6.45, 7) is 2.41. The number of hydrogen-bond donors (Lipinski definition) is 1. The Balaban J connectivity index is 1.95. The monoisotopic (exact) mass is 249 g/mol. The van der Waals surface area contributed by atoms with Crippen LogP contribution in [0.5, 0.6) is 0 Å².